The first-order valence-electron chi connectivity index (χ1n) is 6.67. The Balaban J connectivity index is 2.46. The fourth-order valence-corrected chi connectivity index (χ4v) is 2.33. The molecule has 3 nitrogen and oxygen atoms in total. The minimum absolute atomic E-state index is 0.372. The molecule has 0 aromatic rings. The molecule has 0 aliphatic carbocycles. The molecule has 16 heavy (non-hydrogen) atoms. The minimum Gasteiger partial charge on any atom is -0.376 e. The van der Waals surface area contributed by atoms with Crippen LogP contribution >= 0.6 is 0 Å². The molecule has 3 heteroatoms. The Morgan fingerprint density at radius 2 is 2.06 bits per heavy atom. The highest BCUT2D eigenvalue weighted by atomic mass is 16.5. The van der Waals surface area contributed by atoms with Crippen LogP contribution in [0.2, 0.25) is 0 Å². The molecule has 1 rings (SSSR count). The standard InChI is InChI=1S/C13H28N2O/c1-6-7-14-12(4)13(5)15-8-11(3)16-9-10(15)2/h10-14H,6-9H2,1-5H3. The summed E-state index contributed by atoms with van der Waals surface area (Å²) in [6, 6.07) is 1.66. The van der Waals surface area contributed by atoms with Crippen molar-refractivity contribution in [3.05, 3.63) is 0 Å². The van der Waals surface area contributed by atoms with Crippen molar-refractivity contribution in [2.24, 2.45) is 0 Å². The van der Waals surface area contributed by atoms with Crippen molar-refractivity contribution in [2.45, 2.75) is 65.3 Å². The summed E-state index contributed by atoms with van der Waals surface area (Å²) < 4.78 is 5.67. The number of hydrogen-bond donors (Lipinski definition) is 1. The molecule has 0 aromatic heterocycles. The van der Waals surface area contributed by atoms with Crippen molar-refractivity contribution in [1.29, 1.82) is 0 Å². The van der Waals surface area contributed by atoms with Gasteiger partial charge in [0.2, 0.25) is 0 Å². The van der Waals surface area contributed by atoms with E-state index in [4.69, 9.17) is 4.74 Å². The summed E-state index contributed by atoms with van der Waals surface area (Å²) in [5.41, 5.74) is 0. The van der Waals surface area contributed by atoms with Crippen molar-refractivity contribution in [3.63, 3.8) is 0 Å². The van der Waals surface area contributed by atoms with Crippen LogP contribution in [0.25, 0.3) is 0 Å². The maximum Gasteiger partial charge on any atom is 0.0674 e. The van der Waals surface area contributed by atoms with E-state index in [2.05, 4.69) is 44.8 Å². The third kappa shape index (κ3) is 3.72. The van der Waals surface area contributed by atoms with E-state index in [0.717, 1.165) is 19.7 Å². The van der Waals surface area contributed by atoms with Crippen LogP contribution < -0.4 is 5.32 Å². The minimum atomic E-state index is 0.372. The Hall–Kier alpha value is -0.120. The monoisotopic (exact) mass is 228 g/mol. The van der Waals surface area contributed by atoms with E-state index in [1.165, 1.54) is 6.42 Å². The second-order valence-corrected chi connectivity index (χ2v) is 5.17. The smallest absolute Gasteiger partial charge is 0.0674 e. The van der Waals surface area contributed by atoms with Crippen molar-refractivity contribution >= 4 is 0 Å². The Bertz CT molecular complexity index is 198. The maximum absolute atomic E-state index is 5.67. The highest BCUT2D eigenvalue weighted by Gasteiger charge is 2.29. The molecule has 1 saturated heterocycles. The van der Waals surface area contributed by atoms with Gasteiger partial charge in [0.25, 0.3) is 0 Å². The van der Waals surface area contributed by atoms with Gasteiger partial charge in [-0.2, -0.15) is 0 Å². The lowest BCUT2D eigenvalue weighted by Crippen LogP contribution is -2.56. The Morgan fingerprint density at radius 1 is 1.38 bits per heavy atom. The number of rotatable bonds is 5. The zero-order valence-corrected chi connectivity index (χ0v) is 11.5. The largest absolute Gasteiger partial charge is 0.376 e. The predicted molar refractivity (Wildman–Crippen MR) is 68.8 cm³/mol. The molecule has 1 aliphatic heterocycles. The fraction of sp³-hybridized carbons (Fsp3) is 1.00. The number of hydrogen-bond acceptors (Lipinski definition) is 3. The highest BCUT2D eigenvalue weighted by molar-refractivity contribution is 4.85. The van der Waals surface area contributed by atoms with E-state index in [9.17, 15) is 0 Å². The van der Waals surface area contributed by atoms with Gasteiger partial charge in [0.1, 0.15) is 0 Å². The molecular weight excluding hydrogens is 200 g/mol. The molecule has 0 amide bonds. The molecule has 0 spiro atoms. The van der Waals surface area contributed by atoms with Crippen LogP contribution in [-0.4, -0.2) is 48.8 Å². The summed E-state index contributed by atoms with van der Waals surface area (Å²) in [5, 5.41) is 3.58. The topological polar surface area (TPSA) is 24.5 Å². The second-order valence-electron chi connectivity index (χ2n) is 5.17. The maximum atomic E-state index is 5.67. The number of nitrogens with one attached hydrogen (secondary N) is 1. The van der Waals surface area contributed by atoms with Gasteiger partial charge in [-0.1, -0.05) is 6.92 Å². The normalized spacial score (nSPS) is 31.3. The lowest BCUT2D eigenvalue weighted by Gasteiger charge is -2.43. The van der Waals surface area contributed by atoms with E-state index in [0.29, 0.717) is 24.2 Å². The molecule has 1 heterocycles. The van der Waals surface area contributed by atoms with Crippen molar-refractivity contribution < 1.29 is 4.74 Å². The summed E-state index contributed by atoms with van der Waals surface area (Å²) in [7, 11) is 0. The average Bonchev–Trinajstić information content (AvgIpc) is 2.28. The molecule has 1 N–H and O–H groups in total. The van der Waals surface area contributed by atoms with E-state index in [1.807, 2.05) is 0 Å². The SMILES string of the molecule is CCCNC(C)C(C)N1CC(C)OCC1C. The van der Waals surface area contributed by atoms with Gasteiger partial charge in [0, 0.05) is 24.7 Å². The zero-order chi connectivity index (χ0) is 12.1. The number of ether oxygens (including phenoxy) is 1. The van der Waals surface area contributed by atoms with Gasteiger partial charge in [0.05, 0.1) is 12.7 Å². The summed E-state index contributed by atoms with van der Waals surface area (Å²) in [4.78, 5) is 2.57. The first kappa shape index (κ1) is 13.9. The number of nitrogens with zero attached hydrogens (tertiary/aromatic N) is 1. The molecule has 1 fully saturated rings. The van der Waals surface area contributed by atoms with Crippen molar-refractivity contribution in [2.75, 3.05) is 19.7 Å². The van der Waals surface area contributed by atoms with Gasteiger partial charge in [-0.25, -0.2) is 0 Å². The van der Waals surface area contributed by atoms with Crippen LogP contribution in [0.1, 0.15) is 41.0 Å². The lowest BCUT2D eigenvalue weighted by atomic mass is 10.1. The van der Waals surface area contributed by atoms with E-state index in [-0.39, 0.29) is 0 Å². The lowest BCUT2D eigenvalue weighted by molar-refractivity contribution is -0.0674. The van der Waals surface area contributed by atoms with Crippen LogP contribution in [0.4, 0.5) is 0 Å². The van der Waals surface area contributed by atoms with Gasteiger partial charge < -0.3 is 10.1 Å². The van der Waals surface area contributed by atoms with Crippen LogP contribution in [-0.2, 0) is 4.74 Å². The molecule has 96 valence electrons. The predicted octanol–water partition coefficient (Wildman–Crippen LogP) is 1.87. The highest BCUT2D eigenvalue weighted by Crippen LogP contribution is 2.16. The molecule has 4 unspecified atom stereocenters. The van der Waals surface area contributed by atoms with Gasteiger partial charge in [-0.15, -0.1) is 0 Å². The first-order valence-corrected chi connectivity index (χ1v) is 6.67. The number of morpholine rings is 1. The molecule has 1 aliphatic rings. The fourth-order valence-electron chi connectivity index (χ4n) is 2.33. The molecule has 0 radical (unpaired) electrons. The second kappa shape index (κ2) is 6.58. The molecule has 0 saturated carbocycles. The molecule has 0 aromatic carbocycles. The van der Waals surface area contributed by atoms with E-state index < -0.39 is 0 Å². The van der Waals surface area contributed by atoms with Crippen LogP contribution in [0.15, 0.2) is 0 Å². The van der Waals surface area contributed by atoms with Crippen LogP contribution in [0.3, 0.4) is 0 Å². The van der Waals surface area contributed by atoms with Gasteiger partial charge in [-0.3, -0.25) is 4.90 Å². The van der Waals surface area contributed by atoms with Crippen molar-refractivity contribution in [1.82, 2.24) is 10.2 Å². The third-order valence-corrected chi connectivity index (χ3v) is 3.62. The van der Waals surface area contributed by atoms with Crippen LogP contribution in [0.5, 0.6) is 0 Å². The average molecular weight is 228 g/mol. The summed E-state index contributed by atoms with van der Waals surface area (Å²) >= 11 is 0. The van der Waals surface area contributed by atoms with Gasteiger partial charge >= 0.3 is 0 Å². The van der Waals surface area contributed by atoms with Gasteiger partial charge in [-0.05, 0) is 40.7 Å². The first-order chi connectivity index (χ1) is 7.56. The summed E-state index contributed by atoms with van der Waals surface area (Å²) in [6.45, 7) is 14.3. The Morgan fingerprint density at radius 3 is 2.69 bits per heavy atom. The summed E-state index contributed by atoms with van der Waals surface area (Å²) in [5.74, 6) is 0. The third-order valence-electron chi connectivity index (χ3n) is 3.62. The molecule has 4 atom stereocenters. The van der Waals surface area contributed by atoms with E-state index in [1.54, 1.807) is 0 Å². The quantitative estimate of drug-likeness (QED) is 0.777. The summed E-state index contributed by atoms with van der Waals surface area (Å²) in [6.07, 6.45) is 1.57. The van der Waals surface area contributed by atoms with Crippen molar-refractivity contribution in [3.8, 4) is 0 Å². The zero-order valence-electron chi connectivity index (χ0n) is 11.5. The van der Waals surface area contributed by atoms with E-state index >= 15 is 0 Å². The Labute approximate surface area is 101 Å². The van der Waals surface area contributed by atoms with Gasteiger partial charge in [0.15, 0.2) is 0 Å². The Kier molecular flexibility index (Phi) is 5.73. The molecule has 0 bridgehead atoms. The van der Waals surface area contributed by atoms with Crippen LogP contribution in [0, 0.1) is 0 Å². The molecular formula is C13H28N2O.